The monoisotopic (exact) mass is 428 g/mol. The number of fused-ring (bicyclic) bond motifs is 1. The van der Waals surface area contributed by atoms with Gasteiger partial charge in [0.05, 0.1) is 6.04 Å². The SMILES string of the molecule is Cc1ccc(OC[C@@H]2c3ccsc3CCN2C(=O)CN(C(=O)C(C)C)C(C)C)cc1. The van der Waals surface area contributed by atoms with Gasteiger partial charge in [0.2, 0.25) is 11.8 Å². The molecule has 0 bridgehead atoms. The van der Waals surface area contributed by atoms with Crippen molar-refractivity contribution in [2.45, 2.75) is 53.1 Å². The summed E-state index contributed by atoms with van der Waals surface area (Å²) in [5, 5.41) is 2.08. The van der Waals surface area contributed by atoms with Crippen molar-refractivity contribution in [2.24, 2.45) is 5.92 Å². The number of hydrogen-bond donors (Lipinski definition) is 0. The van der Waals surface area contributed by atoms with E-state index in [9.17, 15) is 9.59 Å². The van der Waals surface area contributed by atoms with Crippen molar-refractivity contribution < 1.29 is 14.3 Å². The van der Waals surface area contributed by atoms with Crippen LogP contribution in [-0.2, 0) is 16.0 Å². The topological polar surface area (TPSA) is 49.9 Å². The van der Waals surface area contributed by atoms with Crippen molar-refractivity contribution >= 4 is 23.2 Å². The van der Waals surface area contributed by atoms with Crippen LogP contribution in [-0.4, -0.2) is 47.4 Å². The van der Waals surface area contributed by atoms with Crippen molar-refractivity contribution in [1.82, 2.24) is 9.80 Å². The van der Waals surface area contributed by atoms with E-state index in [4.69, 9.17) is 4.74 Å². The minimum Gasteiger partial charge on any atom is -0.491 e. The first-order valence-electron chi connectivity index (χ1n) is 10.6. The zero-order valence-corrected chi connectivity index (χ0v) is 19.4. The third-order valence-electron chi connectivity index (χ3n) is 5.55. The van der Waals surface area contributed by atoms with E-state index in [1.165, 1.54) is 10.4 Å². The Bertz CT molecular complexity index is 873. The molecule has 0 N–H and O–H groups in total. The van der Waals surface area contributed by atoms with Crippen molar-refractivity contribution in [1.29, 1.82) is 0 Å². The van der Waals surface area contributed by atoms with Crippen LogP contribution in [0.5, 0.6) is 5.75 Å². The summed E-state index contributed by atoms with van der Waals surface area (Å²) in [7, 11) is 0. The minimum atomic E-state index is -0.142. The van der Waals surface area contributed by atoms with E-state index in [0.717, 1.165) is 17.7 Å². The summed E-state index contributed by atoms with van der Waals surface area (Å²) < 4.78 is 6.08. The van der Waals surface area contributed by atoms with Crippen LogP contribution < -0.4 is 4.74 Å². The number of ether oxygens (including phenoxy) is 1. The maximum atomic E-state index is 13.3. The normalized spacial score (nSPS) is 16.0. The second-order valence-corrected chi connectivity index (χ2v) is 9.49. The summed E-state index contributed by atoms with van der Waals surface area (Å²) in [6.45, 7) is 10.9. The molecule has 1 aliphatic rings. The summed E-state index contributed by atoms with van der Waals surface area (Å²) in [6.07, 6.45) is 0.847. The van der Waals surface area contributed by atoms with Crippen LogP contribution in [0.25, 0.3) is 0 Å². The molecule has 0 saturated heterocycles. The Morgan fingerprint density at radius 3 is 2.50 bits per heavy atom. The molecule has 3 rings (SSSR count). The second-order valence-electron chi connectivity index (χ2n) is 8.49. The average Bonchev–Trinajstić information content (AvgIpc) is 3.19. The van der Waals surface area contributed by atoms with Gasteiger partial charge in [-0.05, 0) is 56.3 Å². The molecule has 0 spiro atoms. The third-order valence-corrected chi connectivity index (χ3v) is 6.55. The number of benzene rings is 1. The zero-order valence-electron chi connectivity index (χ0n) is 18.6. The summed E-state index contributed by atoms with van der Waals surface area (Å²) in [5.74, 6) is 0.658. The Hall–Kier alpha value is -2.34. The molecule has 1 aromatic heterocycles. The van der Waals surface area contributed by atoms with E-state index in [-0.39, 0.29) is 36.4 Å². The van der Waals surface area contributed by atoms with Crippen LogP contribution in [0.2, 0.25) is 0 Å². The average molecular weight is 429 g/mol. The molecule has 2 amide bonds. The Morgan fingerprint density at radius 2 is 1.87 bits per heavy atom. The molecule has 162 valence electrons. The quantitative estimate of drug-likeness (QED) is 0.654. The van der Waals surface area contributed by atoms with E-state index in [1.54, 1.807) is 16.2 Å². The lowest BCUT2D eigenvalue weighted by molar-refractivity contribution is -0.145. The van der Waals surface area contributed by atoms with Crippen LogP contribution in [0, 0.1) is 12.8 Å². The molecule has 1 aromatic carbocycles. The fourth-order valence-electron chi connectivity index (χ4n) is 3.77. The van der Waals surface area contributed by atoms with E-state index < -0.39 is 0 Å². The van der Waals surface area contributed by atoms with Crippen molar-refractivity contribution in [3.63, 3.8) is 0 Å². The van der Waals surface area contributed by atoms with Gasteiger partial charge in [0.1, 0.15) is 18.9 Å². The molecule has 1 atom stereocenters. The highest BCUT2D eigenvalue weighted by Crippen LogP contribution is 2.34. The third kappa shape index (κ3) is 5.04. The van der Waals surface area contributed by atoms with Crippen molar-refractivity contribution in [3.05, 3.63) is 51.7 Å². The van der Waals surface area contributed by atoms with Gasteiger partial charge >= 0.3 is 0 Å². The Labute approximate surface area is 183 Å². The van der Waals surface area contributed by atoms with Crippen molar-refractivity contribution in [2.75, 3.05) is 19.7 Å². The van der Waals surface area contributed by atoms with Gasteiger partial charge in [-0.15, -0.1) is 11.3 Å². The van der Waals surface area contributed by atoms with Gasteiger partial charge < -0.3 is 14.5 Å². The Kier molecular flexibility index (Phi) is 7.19. The first kappa shape index (κ1) is 22.3. The molecular formula is C24H32N2O3S. The summed E-state index contributed by atoms with van der Waals surface area (Å²) in [4.78, 5) is 30.8. The lowest BCUT2D eigenvalue weighted by Gasteiger charge is -2.38. The largest absolute Gasteiger partial charge is 0.491 e. The van der Waals surface area contributed by atoms with Gasteiger partial charge in [-0.2, -0.15) is 0 Å². The number of aryl methyl sites for hydroxylation is 1. The van der Waals surface area contributed by atoms with Gasteiger partial charge in [-0.1, -0.05) is 31.5 Å². The van der Waals surface area contributed by atoms with Gasteiger partial charge in [0.15, 0.2) is 0 Å². The van der Waals surface area contributed by atoms with Crippen LogP contribution in [0.4, 0.5) is 0 Å². The molecule has 30 heavy (non-hydrogen) atoms. The van der Waals surface area contributed by atoms with E-state index in [2.05, 4.69) is 11.4 Å². The zero-order chi connectivity index (χ0) is 21.8. The molecule has 0 saturated carbocycles. The summed E-state index contributed by atoms with van der Waals surface area (Å²) >= 11 is 1.74. The first-order valence-corrected chi connectivity index (χ1v) is 11.5. The fourth-order valence-corrected chi connectivity index (χ4v) is 4.70. The van der Waals surface area contributed by atoms with Crippen molar-refractivity contribution in [3.8, 4) is 5.75 Å². The highest BCUT2D eigenvalue weighted by atomic mass is 32.1. The molecule has 0 radical (unpaired) electrons. The smallest absolute Gasteiger partial charge is 0.242 e. The number of thiophene rings is 1. The molecule has 0 aliphatic carbocycles. The standard InChI is InChI=1S/C24H32N2O3S/c1-16(2)24(28)26(17(3)4)14-23(27)25-12-10-22-20(11-13-30-22)21(25)15-29-19-8-6-18(5)7-9-19/h6-9,11,13,16-17,21H,10,12,14-15H2,1-5H3/t21-/m1/s1. The molecule has 0 unspecified atom stereocenters. The molecule has 0 fully saturated rings. The second kappa shape index (κ2) is 9.65. The predicted molar refractivity (Wildman–Crippen MR) is 121 cm³/mol. The molecule has 2 aromatic rings. The van der Waals surface area contributed by atoms with E-state index >= 15 is 0 Å². The number of carbonyl (C=O) groups excluding carboxylic acids is 2. The molecular weight excluding hydrogens is 396 g/mol. The Balaban J connectivity index is 1.78. The molecule has 1 aliphatic heterocycles. The first-order chi connectivity index (χ1) is 14.3. The number of rotatable bonds is 7. The minimum absolute atomic E-state index is 0.0130. The maximum Gasteiger partial charge on any atom is 0.242 e. The number of amides is 2. The van der Waals surface area contributed by atoms with Crippen LogP contribution >= 0.6 is 11.3 Å². The highest BCUT2D eigenvalue weighted by molar-refractivity contribution is 7.10. The predicted octanol–water partition coefficient (Wildman–Crippen LogP) is 4.45. The van der Waals surface area contributed by atoms with Gasteiger partial charge in [0.25, 0.3) is 0 Å². The van der Waals surface area contributed by atoms with Crippen LogP contribution in [0.15, 0.2) is 35.7 Å². The fraction of sp³-hybridized carbons (Fsp3) is 0.500. The van der Waals surface area contributed by atoms with Gasteiger partial charge in [-0.3, -0.25) is 9.59 Å². The number of carbonyl (C=O) groups is 2. The molecule has 6 heteroatoms. The van der Waals surface area contributed by atoms with Gasteiger partial charge in [0, 0.05) is 23.4 Å². The molecule has 5 nitrogen and oxygen atoms in total. The molecule has 2 heterocycles. The maximum absolute atomic E-state index is 13.3. The van der Waals surface area contributed by atoms with Gasteiger partial charge in [-0.25, -0.2) is 0 Å². The van der Waals surface area contributed by atoms with E-state index in [1.807, 2.05) is 63.8 Å². The number of hydrogen-bond acceptors (Lipinski definition) is 4. The van der Waals surface area contributed by atoms with E-state index in [0.29, 0.717) is 13.2 Å². The summed E-state index contributed by atoms with van der Waals surface area (Å²) in [5.41, 5.74) is 2.35. The van der Waals surface area contributed by atoms with Crippen LogP contribution in [0.3, 0.4) is 0 Å². The number of nitrogens with zero attached hydrogens (tertiary/aromatic N) is 2. The Morgan fingerprint density at radius 1 is 1.17 bits per heavy atom. The lowest BCUT2D eigenvalue weighted by atomic mass is 10.00. The van der Waals surface area contributed by atoms with Crippen LogP contribution in [0.1, 0.15) is 49.7 Å². The lowest BCUT2D eigenvalue weighted by Crippen LogP contribution is -2.50. The summed E-state index contributed by atoms with van der Waals surface area (Å²) in [6, 6.07) is 9.90. The highest BCUT2D eigenvalue weighted by Gasteiger charge is 2.34.